The van der Waals surface area contributed by atoms with Gasteiger partial charge in [-0.05, 0) is 42.5 Å². The van der Waals surface area contributed by atoms with Crippen LogP contribution in [-0.4, -0.2) is 15.9 Å². The zero-order valence-corrected chi connectivity index (χ0v) is 15.5. The van der Waals surface area contributed by atoms with Gasteiger partial charge in [-0.15, -0.1) is 0 Å². The predicted octanol–water partition coefficient (Wildman–Crippen LogP) is 4.58. The molecule has 2 N–H and O–H groups in total. The maximum absolute atomic E-state index is 12.2. The quantitative estimate of drug-likeness (QED) is 0.663. The Morgan fingerprint density at radius 2 is 1.73 bits per heavy atom. The SMILES string of the molecule is O=C(Cc1cnc(-c2ccc(Cl)cc2)[nH]c1=O)Nc1cc(Cl)ccc1Cl. The van der Waals surface area contributed by atoms with Gasteiger partial charge in [-0.1, -0.05) is 34.8 Å². The summed E-state index contributed by atoms with van der Waals surface area (Å²) in [5, 5.41) is 4.01. The van der Waals surface area contributed by atoms with Gasteiger partial charge >= 0.3 is 0 Å². The molecule has 0 fully saturated rings. The Morgan fingerprint density at radius 1 is 1.04 bits per heavy atom. The summed E-state index contributed by atoms with van der Waals surface area (Å²) < 4.78 is 0. The lowest BCUT2D eigenvalue weighted by Gasteiger charge is -2.08. The molecule has 0 aliphatic rings. The van der Waals surface area contributed by atoms with E-state index >= 15 is 0 Å². The Balaban J connectivity index is 1.75. The van der Waals surface area contributed by atoms with Crippen molar-refractivity contribution < 1.29 is 4.79 Å². The number of nitrogens with zero attached hydrogens (tertiary/aromatic N) is 1. The highest BCUT2D eigenvalue weighted by molar-refractivity contribution is 6.35. The van der Waals surface area contributed by atoms with Crippen molar-refractivity contribution in [2.24, 2.45) is 0 Å². The molecular weight excluding hydrogens is 397 g/mol. The van der Waals surface area contributed by atoms with Crippen LogP contribution in [0.25, 0.3) is 11.4 Å². The van der Waals surface area contributed by atoms with Crippen LogP contribution in [0.15, 0.2) is 53.5 Å². The average molecular weight is 409 g/mol. The van der Waals surface area contributed by atoms with E-state index in [0.717, 1.165) is 0 Å². The highest BCUT2D eigenvalue weighted by atomic mass is 35.5. The molecule has 5 nitrogen and oxygen atoms in total. The number of nitrogens with one attached hydrogen (secondary N) is 2. The summed E-state index contributed by atoms with van der Waals surface area (Å²) in [7, 11) is 0. The molecule has 1 amide bonds. The van der Waals surface area contributed by atoms with E-state index in [1.54, 1.807) is 36.4 Å². The summed E-state index contributed by atoms with van der Waals surface area (Å²) in [5.41, 5.74) is 0.940. The van der Waals surface area contributed by atoms with Crippen molar-refractivity contribution in [1.29, 1.82) is 0 Å². The molecule has 0 aliphatic carbocycles. The molecule has 3 aromatic rings. The molecule has 2 aromatic carbocycles. The fourth-order valence-electron chi connectivity index (χ4n) is 2.26. The van der Waals surface area contributed by atoms with E-state index in [0.29, 0.717) is 32.1 Å². The summed E-state index contributed by atoms with van der Waals surface area (Å²) >= 11 is 17.7. The second kappa shape index (κ2) is 7.91. The molecule has 1 aromatic heterocycles. The van der Waals surface area contributed by atoms with Crippen LogP contribution in [0.4, 0.5) is 5.69 Å². The Labute approximate surface area is 163 Å². The van der Waals surface area contributed by atoms with Gasteiger partial charge in [0, 0.05) is 27.4 Å². The number of carbonyl (C=O) groups is 1. The van der Waals surface area contributed by atoms with Crippen LogP contribution in [-0.2, 0) is 11.2 Å². The monoisotopic (exact) mass is 407 g/mol. The van der Waals surface area contributed by atoms with Gasteiger partial charge in [0.1, 0.15) is 5.82 Å². The van der Waals surface area contributed by atoms with Crippen LogP contribution in [0.5, 0.6) is 0 Å². The third kappa shape index (κ3) is 4.43. The van der Waals surface area contributed by atoms with Crippen molar-refractivity contribution in [3.8, 4) is 11.4 Å². The summed E-state index contributed by atoms with van der Waals surface area (Å²) in [6.07, 6.45) is 1.23. The minimum Gasteiger partial charge on any atom is -0.324 e. The van der Waals surface area contributed by atoms with Gasteiger partial charge in [-0.3, -0.25) is 9.59 Å². The van der Waals surface area contributed by atoms with E-state index in [1.165, 1.54) is 12.3 Å². The van der Waals surface area contributed by atoms with Crippen LogP contribution in [0.3, 0.4) is 0 Å². The third-order valence-corrected chi connectivity index (χ3v) is 4.36. The molecule has 132 valence electrons. The van der Waals surface area contributed by atoms with Crippen molar-refractivity contribution in [1.82, 2.24) is 9.97 Å². The smallest absolute Gasteiger partial charge is 0.254 e. The van der Waals surface area contributed by atoms with Gasteiger partial charge in [0.2, 0.25) is 5.91 Å². The Kier molecular flexibility index (Phi) is 5.61. The molecule has 0 saturated heterocycles. The number of hydrogen-bond donors (Lipinski definition) is 2. The first-order chi connectivity index (χ1) is 12.4. The standard InChI is InChI=1S/C18H12Cl3N3O2/c19-12-3-1-10(2-4-12)17-22-9-11(18(26)24-17)7-16(25)23-15-8-13(20)5-6-14(15)21/h1-6,8-9H,7H2,(H,23,25)(H,22,24,26). The first kappa shape index (κ1) is 18.5. The van der Waals surface area contributed by atoms with Crippen molar-refractivity contribution in [2.45, 2.75) is 6.42 Å². The molecule has 0 radical (unpaired) electrons. The summed E-state index contributed by atoms with van der Waals surface area (Å²) in [5.74, 6) is -0.00517. The van der Waals surface area contributed by atoms with Gasteiger partial charge in [0.05, 0.1) is 17.1 Å². The van der Waals surface area contributed by atoms with Gasteiger partial charge in [0.25, 0.3) is 5.56 Å². The molecular formula is C18H12Cl3N3O2. The number of hydrogen-bond acceptors (Lipinski definition) is 3. The van der Waals surface area contributed by atoms with Gasteiger partial charge in [-0.2, -0.15) is 0 Å². The van der Waals surface area contributed by atoms with Crippen LogP contribution >= 0.6 is 34.8 Å². The first-order valence-electron chi connectivity index (χ1n) is 7.51. The second-order valence-corrected chi connectivity index (χ2v) is 6.72. The zero-order chi connectivity index (χ0) is 18.7. The van der Waals surface area contributed by atoms with Crippen LogP contribution < -0.4 is 10.9 Å². The van der Waals surface area contributed by atoms with Crippen molar-refractivity contribution in [3.05, 3.63) is 79.6 Å². The normalized spacial score (nSPS) is 10.6. The maximum atomic E-state index is 12.2. The van der Waals surface area contributed by atoms with Gasteiger partial charge in [0.15, 0.2) is 0 Å². The Morgan fingerprint density at radius 3 is 2.42 bits per heavy atom. The van der Waals surface area contributed by atoms with Crippen molar-refractivity contribution >= 4 is 46.4 Å². The minimum absolute atomic E-state index is 0.147. The van der Waals surface area contributed by atoms with Gasteiger partial charge in [-0.25, -0.2) is 4.98 Å². The summed E-state index contributed by atoms with van der Waals surface area (Å²) in [6, 6.07) is 11.6. The number of carbonyl (C=O) groups excluding carboxylic acids is 1. The summed E-state index contributed by atoms with van der Waals surface area (Å²) in [6.45, 7) is 0. The third-order valence-electron chi connectivity index (χ3n) is 3.54. The molecule has 0 bridgehead atoms. The number of rotatable bonds is 4. The van der Waals surface area contributed by atoms with E-state index in [2.05, 4.69) is 15.3 Å². The Hall–Kier alpha value is -2.34. The maximum Gasteiger partial charge on any atom is 0.254 e. The molecule has 0 unspecified atom stereocenters. The molecule has 8 heteroatoms. The number of aromatic amines is 1. The van der Waals surface area contributed by atoms with Crippen LogP contribution in [0.1, 0.15) is 5.56 Å². The molecule has 0 spiro atoms. The van der Waals surface area contributed by atoms with E-state index in [9.17, 15) is 9.59 Å². The summed E-state index contributed by atoms with van der Waals surface area (Å²) in [4.78, 5) is 31.3. The number of amides is 1. The van der Waals surface area contributed by atoms with Crippen LogP contribution in [0.2, 0.25) is 15.1 Å². The van der Waals surface area contributed by atoms with Gasteiger partial charge < -0.3 is 10.3 Å². The first-order valence-corrected chi connectivity index (χ1v) is 8.65. The number of halogens is 3. The fraction of sp³-hybridized carbons (Fsp3) is 0.0556. The minimum atomic E-state index is -0.402. The molecule has 0 saturated carbocycles. The molecule has 1 heterocycles. The van der Waals surface area contributed by atoms with Crippen LogP contribution in [0, 0.1) is 0 Å². The van der Waals surface area contributed by atoms with E-state index in [-0.39, 0.29) is 12.0 Å². The number of H-pyrrole nitrogens is 1. The topological polar surface area (TPSA) is 74.8 Å². The number of aromatic nitrogens is 2. The molecule has 26 heavy (non-hydrogen) atoms. The second-order valence-electron chi connectivity index (χ2n) is 5.44. The van der Waals surface area contributed by atoms with Crippen molar-refractivity contribution in [3.63, 3.8) is 0 Å². The van der Waals surface area contributed by atoms with E-state index in [1.807, 2.05) is 0 Å². The van der Waals surface area contributed by atoms with Crippen molar-refractivity contribution in [2.75, 3.05) is 5.32 Å². The number of benzene rings is 2. The van der Waals surface area contributed by atoms with E-state index in [4.69, 9.17) is 34.8 Å². The highest BCUT2D eigenvalue weighted by Crippen LogP contribution is 2.25. The van der Waals surface area contributed by atoms with E-state index < -0.39 is 11.5 Å². The predicted molar refractivity (Wildman–Crippen MR) is 104 cm³/mol. The number of anilines is 1. The lowest BCUT2D eigenvalue weighted by molar-refractivity contribution is -0.115. The average Bonchev–Trinajstić information content (AvgIpc) is 2.60. The largest absolute Gasteiger partial charge is 0.324 e. The molecule has 0 atom stereocenters. The fourth-order valence-corrected chi connectivity index (χ4v) is 2.73. The highest BCUT2D eigenvalue weighted by Gasteiger charge is 2.11. The Bertz CT molecular complexity index is 1020. The lowest BCUT2D eigenvalue weighted by Crippen LogP contribution is -2.22. The molecule has 3 rings (SSSR count). The molecule has 0 aliphatic heterocycles. The lowest BCUT2D eigenvalue weighted by atomic mass is 10.2. The zero-order valence-electron chi connectivity index (χ0n) is 13.2.